The van der Waals surface area contributed by atoms with Gasteiger partial charge in [-0.25, -0.2) is 8.42 Å². The topological polar surface area (TPSA) is 128 Å². The van der Waals surface area contributed by atoms with E-state index in [9.17, 15) is 23.3 Å². The van der Waals surface area contributed by atoms with Crippen LogP contribution in [0.3, 0.4) is 0 Å². The summed E-state index contributed by atoms with van der Waals surface area (Å²) < 4.78 is 39.3. The molecule has 4 aromatic carbocycles. The van der Waals surface area contributed by atoms with E-state index >= 15 is 0 Å². The van der Waals surface area contributed by atoms with Crippen molar-refractivity contribution in [2.24, 2.45) is 0 Å². The first-order valence-electron chi connectivity index (χ1n) is 11.8. The summed E-state index contributed by atoms with van der Waals surface area (Å²) in [5, 5.41) is 14.5. The Balaban J connectivity index is 1.73. The van der Waals surface area contributed by atoms with Crippen LogP contribution in [0.4, 0.5) is 17.1 Å². The van der Waals surface area contributed by atoms with Gasteiger partial charge in [-0.15, -0.1) is 0 Å². The Labute approximate surface area is 235 Å². The third-order valence-corrected chi connectivity index (χ3v) is 8.60. The first-order chi connectivity index (χ1) is 19.2. The van der Waals surface area contributed by atoms with Gasteiger partial charge in [0.2, 0.25) is 5.91 Å². The highest BCUT2D eigenvalue weighted by molar-refractivity contribution is 7.99. The van der Waals surface area contributed by atoms with E-state index < -0.39 is 38.0 Å². The maximum Gasteiger partial charge on any atom is 0.289 e. The highest BCUT2D eigenvalue weighted by Crippen LogP contribution is 2.38. The van der Waals surface area contributed by atoms with Crippen LogP contribution in [-0.2, 0) is 14.8 Å². The van der Waals surface area contributed by atoms with Crippen LogP contribution in [-0.4, -0.2) is 40.0 Å². The second-order valence-corrected chi connectivity index (χ2v) is 11.2. The molecule has 0 radical (unpaired) electrons. The van der Waals surface area contributed by atoms with Gasteiger partial charge in [-0.2, -0.15) is 0 Å². The van der Waals surface area contributed by atoms with Crippen molar-refractivity contribution < 1.29 is 27.6 Å². The number of anilines is 2. The molecule has 0 spiro atoms. The number of nitro benzene ring substituents is 1. The van der Waals surface area contributed by atoms with Crippen LogP contribution in [0.1, 0.15) is 0 Å². The van der Waals surface area contributed by atoms with Crippen LogP contribution in [0.5, 0.6) is 11.5 Å². The molecule has 0 atom stereocenters. The number of sulfonamides is 1. The number of carbonyl (C=O) groups is 1. The number of carbonyl (C=O) groups excluding carboxylic acids is 1. The monoisotopic (exact) mass is 579 g/mol. The molecule has 0 aliphatic heterocycles. The van der Waals surface area contributed by atoms with Crippen LogP contribution in [0.15, 0.2) is 112 Å². The molecule has 206 valence electrons. The molecular formula is C28H25N3O7S2. The maximum absolute atomic E-state index is 13.9. The number of nitrogens with one attached hydrogen (secondary N) is 1. The second-order valence-electron chi connectivity index (χ2n) is 8.23. The summed E-state index contributed by atoms with van der Waals surface area (Å²) in [7, 11) is -1.85. The zero-order chi connectivity index (χ0) is 28.7. The Morgan fingerprint density at radius 2 is 1.60 bits per heavy atom. The normalized spacial score (nSPS) is 10.9. The molecule has 12 heteroatoms. The number of ether oxygens (including phenoxy) is 2. The largest absolute Gasteiger partial charge is 0.497 e. The van der Waals surface area contributed by atoms with E-state index in [1.807, 2.05) is 42.5 Å². The third kappa shape index (κ3) is 6.35. The standard InChI is InChI=1S/C28H25N3O7S2/c1-37-20-16-17-23(25(18-20)38-2)30(40(35,36)27-15-9-7-13-24(27)31(33)34)19-28(32)29-22-12-6-8-14-26(22)39-21-10-4-3-5-11-21/h3-18H,19H2,1-2H3,(H,29,32). The first kappa shape index (κ1) is 28.5. The van der Waals surface area contributed by atoms with Gasteiger partial charge in [0.1, 0.15) is 18.0 Å². The summed E-state index contributed by atoms with van der Waals surface area (Å²) in [5.41, 5.74) is -0.139. The maximum atomic E-state index is 13.9. The number of amides is 1. The van der Waals surface area contributed by atoms with Gasteiger partial charge in [0, 0.05) is 21.9 Å². The minimum atomic E-state index is -4.62. The van der Waals surface area contributed by atoms with E-state index in [4.69, 9.17) is 9.47 Å². The average molecular weight is 580 g/mol. The van der Waals surface area contributed by atoms with Crippen LogP contribution in [0, 0.1) is 10.1 Å². The highest BCUT2D eigenvalue weighted by atomic mass is 32.2. The summed E-state index contributed by atoms with van der Waals surface area (Å²) >= 11 is 1.43. The Morgan fingerprint density at radius 1 is 0.925 bits per heavy atom. The Bertz CT molecular complexity index is 1630. The molecule has 4 rings (SSSR count). The fourth-order valence-corrected chi connectivity index (χ4v) is 6.34. The zero-order valence-corrected chi connectivity index (χ0v) is 23.1. The number of hydrogen-bond acceptors (Lipinski definition) is 8. The Morgan fingerprint density at radius 3 is 2.30 bits per heavy atom. The average Bonchev–Trinajstić information content (AvgIpc) is 2.97. The molecule has 0 aliphatic rings. The van der Waals surface area contributed by atoms with Gasteiger partial charge in [-0.1, -0.05) is 54.2 Å². The van der Waals surface area contributed by atoms with Gasteiger partial charge in [0.15, 0.2) is 4.90 Å². The van der Waals surface area contributed by atoms with E-state index in [0.29, 0.717) is 11.4 Å². The van der Waals surface area contributed by atoms with E-state index in [2.05, 4.69) is 5.32 Å². The Hall–Kier alpha value is -4.55. The number of hydrogen-bond donors (Lipinski definition) is 1. The summed E-state index contributed by atoms with van der Waals surface area (Å²) in [5.74, 6) is -0.185. The van der Waals surface area contributed by atoms with Crippen molar-refractivity contribution in [3.8, 4) is 11.5 Å². The van der Waals surface area contributed by atoms with Crippen molar-refractivity contribution >= 4 is 44.8 Å². The van der Waals surface area contributed by atoms with Crippen molar-refractivity contribution in [2.75, 3.05) is 30.4 Å². The molecule has 40 heavy (non-hydrogen) atoms. The fourth-order valence-electron chi connectivity index (χ4n) is 3.83. The van der Waals surface area contributed by atoms with E-state index in [1.165, 1.54) is 56.3 Å². The number of methoxy groups -OCH3 is 2. The van der Waals surface area contributed by atoms with E-state index in [-0.39, 0.29) is 11.4 Å². The summed E-state index contributed by atoms with van der Waals surface area (Å²) in [6.07, 6.45) is 0. The molecule has 4 aromatic rings. The molecule has 0 saturated carbocycles. The number of rotatable bonds is 11. The summed E-state index contributed by atoms with van der Waals surface area (Å²) in [6, 6.07) is 26.0. The lowest BCUT2D eigenvalue weighted by atomic mass is 10.2. The van der Waals surface area contributed by atoms with Crippen molar-refractivity contribution in [1.82, 2.24) is 0 Å². The molecule has 1 N–H and O–H groups in total. The highest BCUT2D eigenvalue weighted by Gasteiger charge is 2.34. The quantitative estimate of drug-likeness (QED) is 0.180. The van der Waals surface area contributed by atoms with Crippen molar-refractivity contribution in [3.63, 3.8) is 0 Å². The zero-order valence-electron chi connectivity index (χ0n) is 21.5. The molecule has 1 amide bonds. The molecule has 0 saturated heterocycles. The van der Waals surface area contributed by atoms with E-state index in [1.54, 1.807) is 12.1 Å². The molecule has 10 nitrogen and oxygen atoms in total. The molecule has 0 aliphatic carbocycles. The lowest BCUT2D eigenvalue weighted by Gasteiger charge is -2.26. The van der Waals surface area contributed by atoms with E-state index in [0.717, 1.165) is 26.2 Å². The number of nitro groups is 1. The predicted molar refractivity (Wildman–Crippen MR) is 153 cm³/mol. The number of nitrogens with zero attached hydrogens (tertiary/aromatic N) is 2. The first-order valence-corrected chi connectivity index (χ1v) is 14.1. The molecule has 0 bridgehead atoms. The summed E-state index contributed by atoms with van der Waals surface area (Å²) in [4.78, 5) is 25.4. The van der Waals surface area contributed by atoms with Gasteiger partial charge < -0.3 is 14.8 Å². The second kappa shape index (κ2) is 12.5. The van der Waals surface area contributed by atoms with Gasteiger partial charge in [-0.05, 0) is 42.5 Å². The van der Waals surface area contributed by atoms with Gasteiger partial charge in [-0.3, -0.25) is 19.2 Å². The predicted octanol–water partition coefficient (Wildman–Crippen LogP) is 5.60. The number of para-hydroxylation sites is 2. The van der Waals surface area contributed by atoms with Crippen LogP contribution < -0.4 is 19.1 Å². The van der Waals surface area contributed by atoms with Gasteiger partial charge in [0.25, 0.3) is 15.7 Å². The third-order valence-electron chi connectivity index (χ3n) is 5.70. The lowest BCUT2D eigenvalue weighted by molar-refractivity contribution is -0.387. The van der Waals surface area contributed by atoms with Crippen molar-refractivity contribution in [1.29, 1.82) is 0 Å². The minimum Gasteiger partial charge on any atom is -0.497 e. The molecule has 0 unspecified atom stereocenters. The van der Waals surface area contributed by atoms with Crippen LogP contribution >= 0.6 is 11.8 Å². The number of benzene rings is 4. The smallest absolute Gasteiger partial charge is 0.289 e. The van der Waals surface area contributed by atoms with Crippen LogP contribution in [0.2, 0.25) is 0 Å². The lowest BCUT2D eigenvalue weighted by Crippen LogP contribution is -2.38. The summed E-state index contributed by atoms with van der Waals surface area (Å²) in [6.45, 7) is -0.693. The SMILES string of the molecule is COc1ccc(N(CC(=O)Nc2ccccc2Sc2ccccc2)S(=O)(=O)c2ccccc2[N+](=O)[O-])c(OC)c1. The Kier molecular flexibility index (Phi) is 8.92. The fraction of sp³-hybridized carbons (Fsp3) is 0.107. The van der Waals surface area contributed by atoms with Crippen LogP contribution in [0.25, 0.3) is 0 Å². The molecule has 0 fully saturated rings. The van der Waals surface area contributed by atoms with Gasteiger partial charge >= 0.3 is 0 Å². The van der Waals surface area contributed by atoms with Gasteiger partial charge in [0.05, 0.1) is 30.5 Å². The molecular weight excluding hydrogens is 554 g/mol. The molecule has 0 heterocycles. The minimum absolute atomic E-state index is 0.00328. The van der Waals surface area contributed by atoms with Crippen molar-refractivity contribution in [3.05, 3.63) is 107 Å². The molecule has 0 aromatic heterocycles. The van der Waals surface area contributed by atoms with Crippen molar-refractivity contribution in [2.45, 2.75) is 14.7 Å².